The lowest BCUT2D eigenvalue weighted by Gasteiger charge is -2.17. The van der Waals surface area contributed by atoms with E-state index in [0.717, 1.165) is 12.7 Å². The van der Waals surface area contributed by atoms with Crippen LogP contribution >= 0.6 is 0 Å². The van der Waals surface area contributed by atoms with Gasteiger partial charge in [0, 0.05) is 39.8 Å². The SMILES string of the molecule is C=CCN(CCC(=O)NCCCOC)S(C)(=O)=O. The first-order valence-corrected chi connectivity index (χ1v) is 7.58. The van der Waals surface area contributed by atoms with E-state index in [9.17, 15) is 13.2 Å². The number of methoxy groups -OCH3 is 1. The Kier molecular flexibility index (Phi) is 8.61. The zero-order valence-corrected chi connectivity index (χ0v) is 11.8. The van der Waals surface area contributed by atoms with E-state index in [0.29, 0.717) is 13.2 Å². The van der Waals surface area contributed by atoms with Crippen LogP contribution in [0.5, 0.6) is 0 Å². The van der Waals surface area contributed by atoms with Gasteiger partial charge in [0.1, 0.15) is 0 Å². The molecule has 6 nitrogen and oxygen atoms in total. The zero-order valence-electron chi connectivity index (χ0n) is 11.0. The molecule has 0 saturated heterocycles. The second-order valence-electron chi connectivity index (χ2n) is 3.86. The highest BCUT2D eigenvalue weighted by atomic mass is 32.2. The Morgan fingerprint density at radius 1 is 1.50 bits per heavy atom. The summed E-state index contributed by atoms with van der Waals surface area (Å²) in [6, 6.07) is 0. The van der Waals surface area contributed by atoms with Gasteiger partial charge in [0.2, 0.25) is 15.9 Å². The van der Waals surface area contributed by atoms with Crippen molar-refractivity contribution in [1.82, 2.24) is 9.62 Å². The normalized spacial score (nSPS) is 11.5. The first-order chi connectivity index (χ1) is 8.41. The van der Waals surface area contributed by atoms with Crippen LogP contribution in [0.25, 0.3) is 0 Å². The fourth-order valence-electron chi connectivity index (χ4n) is 1.30. The average molecular weight is 278 g/mol. The lowest BCUT2D eigenvalue weighted by Crippen LogP contribution is -2.35. The average Bonchev–Trinajstić information content (AvgIpc) is 2.28. The monoisotopic (exact) mass is 278 g/mol. The second kappa shape index (κ2) is 9.07. The smallest absolute Gasteiger partial charge is 0.221 e. The summed E-state index contributed by atoms with van der Waals surface area (Å²) in [7, 11) is -1.69. The lowest BCUT2D eigenvalue weighted by molar-refractivity contribution is -0.121. The molecule has 0 radical (unpaired) electrons. The van der Waals surface area contributed by atoms with Crippen LogP contribution in [0.1, 0.15) is 12.8 Å². The molecule has 0 aromatic rings. The molecule has 0 aromatic carbocycles. The molecule has 0 spiro atoms. The fraction of sp³-hybridized carbons (Fsp3) is 0.727. The van der Waals surface area contributed by atoms with E-state index in [1.54, 1.807) is 7.11 Å². The van der Waals surface area contributed by atoms with E-state index in [2.05, 4.69) is 11.9 Å². The van der Waals surface area contributed by atoms with Gasteiger partial charge in [-0.15, -0.1) is 6.58 Å². The predicted molar refractivity (Wildman–Crippen MR) is 70.7 cm³/mol. The number of carbonyl (C=O) groups is 1. The van der Waals surface area contributed by atoms with Crippen LogP contribution in [-0.4, -0.2) is 58.2 Å². The molecular formula is C11H22N2O4S. The van der Waals surface area contributed by atoms with E-state index in [4.69, 9.17) is 4.74 Å². The van der Waals surface area contributed by atoms with Crippen LogP contribution in [0.2, 0.25) is 0 Å². The summed E-state index contributed by atoms with van der Waals surface area (Å²) in [5, 5.41) is 2.70. The van der Waals surface area contributed by atoms with Crippen molar-refractivity contribution in [3.05, 3.63) is 12.7 Å². The minimum Gasteiger partial charge on any atom is -0.385 e. The minimum atomic E-state index is -3.29. The van der Waals surface area contributed by atoms with Crippen LogP contribution in [-0.2, 0) is 19.6 Å². The van der Waals surface area contributed by atoms with Gasteiger partial charge < -0.3 is 10.1 Å². The Morgan fingerprint density at radius 3 is 2.67 bits per heavy atom. The molecule has 106 valence electrons. The van der Waals surface area contributed by atoms with Crippen molar-refractivity contribution in [2.45, 2.75) is 12.8 Å². The van der Waals surface area contributed by atoms with Crippen LogP contribution in [0.3, 0.4) is 0 Å². The highest BCUT2D eigenvalue weighted by Gasteiger charge is 2.15. The number of nitrogens with zero attached hydrogens (tertiary/aromatic N) is 1. The summed E-state index contributed by atoms with van der Waals surface area (Å²) in [6.45, 7) is 5.00. The highest BCUT2D eigenvalue weighted by Crippen LogP contribution is 1.99. The summed E-state index contributed by atoms with van der Waals surface area (Å²) in [5.41, 5.74) is 0. The van der Waals surface area contributed by atoms with Gasteiger partial charge in [-0.3, -0.25) is 4.79 Å². The van der Waals surface area contributed by atoms with Gasteiger partial charge >= 0.3 is 0 Å². The summed E-state index contributed by atoms with van der Waals surface area (Å²) < 4.78 is 28.8. The number of sulfonamides is 1. The van der Waals surface area contributed by atoms with Gasteiger partial charge in [-0.25, -0.2) is 8.42 Å². The Morgan fingerprint density at radius 2 is 2.17 bits per heavy atom. The molecular weight excluding hydrogens is 256 g/mol. The molecule has 0 aliphatic carbocycles. The molecule has 0 bridgehead atoms. The fourth-order valence-corrected chi connectivity index (χ4v) is 2.09. The highest BCUT2D eigenvalue weighted by molar-refractivity contribution is 7.88. The Labute approximate surface area is 109 Å². The number of hydrogen-bond acceptors (Lipinski definition) is 4. The maximum Gasteiger partial charge on any atom is 0.221 e. The van der Waals surface area contributed by atoms with Crippen LogP contribution in [0, 0.1) is 0 Å². The molecule has 0 rings (SSSR count). The molecule has 0 saturated carbocycles. The number of rotatable bonds is 10. The number of hydrogen-bond donors (Lipinski definition) is 1. The second-order valence-corrected chi connectivity index (χ2v) is 5.84. The van der Waals surface area contributed by atoms with Gasteiger partial charge in [0.25, 0.3) is 0 Å². The summed E-state index contributed by atoms with van der Waals surface area (Å²) in [6.07, 6.45) is 3.50. The van der Waals surface area contributed by atoms with Gasteiger partial charge in [0.05, 0.1) is 6.26 Å². The van der Waals surface area contributed by atoms with Crippen molar-refractivity contribution in [1.29, 1.82) is 0 Å². The Bertz CT molecular complexity index is 354. The Balaban J connectivity index is 3.97. The van der Waals surface area contributed by atoms with E-state index in [1.807, 2.05) is 0 Å². The molecule has 0 unspecified atom stereocenters. The molecule has 1 amide bonds. The molecule has 0 aliphatic heterocycles. The zero-order chi connectivity index (χ0) is 14.0. The molecule has 1 N–H and O–H groups in total. The maximum absolute atomic E-state index is 11.4. The van der Waals surface area contributed by atoms with Crippen molar-refractivity contribution < 1.29 is 17.9 Å². The third kappa shape index (κ3) is 8.21. The maximum atomic E-state index is 11.4. The van der Waals surface area contributed by atoms with E-state index < -0.39 is 10.0 Å². The molecule has 0 heterocycles. The molecule has 0 atom stereocenters. The summed E-state index contributed by atoms with van der Waals surface area (Å²) >= 11 is 0. The first-order valence-electron chi connectivity index (χ1n) is 5.73. The largest absolute Gasteiger partial charge is 0.385 e. The molecule has 0 aromatic heterocycles. The van der Waals surface area contributed by atoms with Crippen molar-refractivity contribution in [3.8, 4) is 0 Å². The first kappa shape index (κ1) is 17.1. The van der Waals surface area contributed by atoms with Crippen molar-refractivity contribution in [2.24, 2.45) is 0 Å². The van der Waals surface area contributed by atoms with E-state index in [-0.39, 0.29) is 25.4 Å². The van der Waals surface area contributed by atoms with Crippen molar-refractivity contribution in [2.75, 3.05) is 39.6 Å². The van der Waals surface area contributed by atoms with Crippen molar-refractivity contribution in [3.63, 3.8) is 0 Å². The minimum absolute atomic E-state index is 0.147. The van der Waals surface area contributed by atoms with Crippen LogP contribution in [0.15, 0.2) is 12.7 Å². The van der Waals surface area contributed by atoms with E-state index in [1.165, 1.54) is 10.4 Å². The quantitative estimate of drug-likeness (QED) is 0.450. The molecule has 7 heteroatoms. The standard InChI is InChI=1S/C11H22N2O4S/c1-4-8-13(18(3,15)16)9-6-11(14)12-7-5-10-17-2/h4H,1,5-10H2,2-3H3,(H,12,14). The molecule has 18 heavy (non-hydrogen) atoms. The van der Waals surface area contributed by atoms with Gasteiger partial charge in [-0.05, 0) is 6.42 Å². The third-order valence-corrected chi connectivity index (χ3v) is 3.51. The molecule has 0 aliphatic rings. The molecule has 0 fully saturated rings. The summed E-state index contributed by atoms with van der Waals surface area (Å²) in [4.78, 5) is 11.4. The number of amides is 1. The van der Waals surface area contributed by atoms with E-state index >= 15 is 0 Å². The Hall–Kier alpha value is -0.920. The van der Waals surface area contributed by atoms with Gasteiger partial charge in [-0.1, -0.05) is 6.08 Å². The van der Waals surface area contributed by atoms with Gasteiger partial charge in [-0.2, -0.15) is 4.31 Å². The number of nitrogens with one attached hydrogen (secondary N) is 1. The summed E-state index contributed by atoms with van der Waals surface area (Å²) in [5.74, 6) is -0.163. The van der Waals surface area contributed by atoms with Crippen LogP contribution in [0.4, 0.5) is 0 Å². The predicted octanol–water partition coefficient (Wildman–Crippen LogP) is -0.0232. The topological polar surface area (TPSA) is 75.7 Å². The number of ether oxygens (including phenoxy) is 1. The van der Waals surface area contributed by atoms with Gasteiger partial charge in [0.15, 0.2) is 0 Å². The lowest BCUT2D eigenvalue weighted by atomic mass is 10.3. The third-order valence-electron chi connectivity index (χ3n) is 2.24. The van der Waals surface area contributed by atoms with Crippen LogP contribution < -0.4 is 5.32 Å². The van der Waals surface area contributed by atoms with Crippen molar-refractivity contribution >= 4 is 15.9 Å². The number of carbonyl (C=O) groups excluding carboxylic acids is 1.